The molecule has 1 fully saturated rings. The lowest BCUT2D eigenvalue weighted by atomic mass is 10.0. The first-order valence-corrected chi connectivity index (χ1v) is 10.1. The molecule has 0 aliphatic carbocycles. The summed E-state index contributed by atoms with van der Waals surface area (Å²) in [6.07, 6.45) is 3.06. The number of ether oxygens (including phenoxy) is 1. The number of hydrogen-bond acceptors (Lipinski definition) is 5. The first-order chi connectivity index (χ1) is 13.4. The van der Waals surface area contributed by atoms with Crippen molar-refractivity contribution in [2.45, 2.75) is 58.6 Å². The average molecular weight is 386 g/mol. The Labute approximate surface area is 165 Å². The predicted molar refractivity (Wildman–Crippen MR) is 110 cm³/mol. The Hall–Kier alpha value is -2.34. The normalized spacial score (nSPS) is 16.1. The van der Waals surface area contributed by atoms with E-state index in [1.54, 1.807) is 17.9 Å². The van der Waals surface area contributed by atoms with Crippen molar-refractivity contribution in [3.63, 3.8) is 0 Å². The predicted octanol–water partition coefficient (Wildman–Crippen LogP) is 3.03. The maximum atomic E-state index is 12.8. The SMILES string of the molecule is CCCc1cc(=O)oc2c(C)c(OC(C)C(=O)N(C)C3CCNCC3)ccc12. The molecule has 3 rings (SSSR count). The van der Waals surface area contributed by atoms with E-state index in [2.05, 4.69) is 12.2 Å². The van der Waals surface area contributed by atoms with Gasteiger partial charge in [0.2, 0.25) is 0 Å². The van der Waals surface area contributed by atoms with Gasteiger partial charge in [-0.2, -0.15) is 0 Å². The van der Waals surface area contributed by atoms with Crippen LogP contribution in [0.3, 0.4) is 0 Å². The Morgan fingerprint density at radius 1 is 1.36 bits per heavy atom. The van der Waals surface area contributed by atoms with Crippen LogP contribution in [-0.2, 0) is 11.2 Å². The second-order valence-electron chi connectivity index (χ2n) is 7.60. The smallest absolute Gasteiger partial charge is 0.336 e. The van der Waals surface area contributed by atoms with Gasteiger partial charge in [0.05, 0.1) is 0 Å². The van der Waals surface area contributed by atoms with Crippen LogP contribution in [0.25, 0.3) is 11.0 Å². The van der Waals surface area contributed by atoms with E-state index in [1.165, 1.54) is 0 Å². The highest BCUT2D eigenvalue weighted by atomic mass is 16.5. The summed E-state index contributed by atoms with van der Waals surface area (Å²) >= 11 is 0. The largest absolute Gasteiger partial charge is 0.480 e. The standard InChI is InChI=1S/C22H30N2O4/c1-5-6-16-13-20(25)28-21-14(2)19(8-7-18(16)21)27-15(3)22(26)24(4)17-9-11-23-12-10-17/h7-8,13,15,17,23H,5-6,9-12H2,1-4H3. The Morgan fingerprint density at radius 2 is 2.07 bits per heavy atom. The molecule has 0 bridgehead atoms. The van der Waals surface area contributed by atoms with Gasteiger partial charge >= 0.3 is 5.63 Å². The van der Waals surface area contributed by atoms with Gasteiger partial charge in [0, 0.05) is 30.1 Å². The van der Waals surface area contributed by atoms with Gasteiger partial charge in [-0.15, -0.1) is 0 Å². The van der Waals surface area contributed by atoms with Crippen molar-refractivity contribution in [3.05, 3.63) is 39.7 Å². The maximum Gasteiger partial charge on any atom is 0.336 e. The van der Waals surface area contributed by atoms with Crippen LogP contribution in [-0.4, -0.2) is 43.1 Å². The number of nitrogens with zero attached hydrogens (tertiary/aromatic N) is 1. The molecule has 0 radical (unpaired) electrons. The first kappa shape index (κ1) is 20.4. The lowest BCUT2D eigenvalue weighted by Gasteiger charge is -2.33. The molecule has 28 heavy (non-hydrogen) atoms. The number of carbonyl (C=O) groups excluding carboxylic acids is 1. The zero-order valence-corrected chi connectivity index (χ0v) is 17.2. The van der Waals surface area contributed by atoms with Crippen molar-refractivity contribution in [1.29, 1.82) is 0 Å². The lowest BCUT2D eigenvalue weighted by Crippen LogP contribution is -2.48. The highest BCUT2D eigenvalue weighted by Gasteiger charge is 2.27. The monoisotopic (exact) mass is 386 g/mol. The van der Waals surface area contributed by atoms with Crippen LogP contribution < -0.4 is 15.7 Å². The molecule has 2 heterocycles. The lowest BCUT2D eigenvalue weighted by molar-refractivity contribution is -0.139. The molecule has 1 unspecified atom stereocenters. The summed E-state index contributed by atoms with van der Waals surface area (Å²) in [5.74, 6) is 0.538. The number of aryl methyl sites for hydroxylation is 2. The van der Waals surface area contributed by atoms with Gasteiger partial charge in [-0.1, -0.05) is 13.3 Å². The van der Waals surface area contributed by atoms with E-state index in [1.807, 2.05) is 26.1 Å². The molecule has 6 nitrogen and oxygen atoms in total. The van der Waals surface area contributed by atoms with Crippen molar-refractivity contribution in [2.75, 3.05) is 20.1 Å². The number of nitrogens with one attached hydrogen (secondary N) is 1. The fourth-order valence-corrected chi connectivity index (χ4v) is 3.91. The maximum absolute atomic E-state index is 12.8. The van der Waals surface area contributed by atoms with Gasteiger partial charge in [-0.25, -0.2) is 4.79 Å². The molecule has 1 N–H and O–H groups in total. The van der Waals surface area contributed by atoms with Crippen LogP contribution in [0.1, 0.15) is 44.2 Å². The van der Waals surface area contributed by atoms with Gasteiger partial charge in [0.15, 0.2) is 6.10 Å². The Kier molecular flexibility index (Phi) is 6.39. The topological polar surface area (TPSA) is 71.8 Å². The summed E-state index contributed by atoms with van der Waals surface area (Å²) in [5.41, 5.74) is 1.92. The summed E-state index contributed by atoms with van der Waals surface area (Å²) in [6.45, 7) is 7.58. The van der Waals surface area contributed by atoms with Crippen molar-refractivity contribution in [2.24, 2.45) is 0 Å². The van der Waals surface area contributed by atoms with Crippen LogP contribution in [0.4, 0.5) is 0 Å². The molecule has 1 aliphatic rings. The number of benzene rings is 1. The molecule has 1 amide bonds. The van der Waals surface area contributed by atoms with Gasteiger partial charge in [0.25, 0.3) is 5.91 Å². The number of hydrogen-bond donors (Lipinski definition) is 1. The van der Waals surface area contributed by atoms with E-state index >= 15 is 0 Å². The molecule has 152 valence electrons. The molecule has 0 spiro atoms. The summed E-state index contributed by atoms with van der Waals surface area (Å²) in [5, 5.41) is 4.24. The van der Waals surface area contributed by atoms with E-state index in [0.29, 0.717) is 11.3 Å². The number of amides is 1. The minimum absolute atomic E-state index is 0.0346. The molecule has 1 saturated heterocycles. The first-order valence-electron chi connectivity index (χ1n) is 10.1. The van der Waals surface area contributed by atoms with E-state index in [-0.39, 0.29) is 17.6 Å². The third-order valence-corrected chi connectivity index (χ3v) is 5.57. The third-order valence-electron chi connectivity index (χ3n) is 5.57. The summed E-state index contributed by atoms with van der Waals surface area (Å²) in [6, 6.07) is 5.59. The number of likely N-dealkylation sites (N-methyl/N-ethyl adjacent to an activating group) is 1. The van der Waals surface area contributed by atoms with Crippen molar-refractivity contribution in [3.8, 4) is 5.75 Å². The molecule has 1 aromatic carbocycles. The number of carbonyl (C=O) groups is 1. The Morgan fingerprint density at radius 3 is 2.75 bits per heavy atom. The molecular formula is C22H30N2O4. The molecule has 1 aromatic heterocycles. The van der Waals surface area contributed by atoms with E-state index in [9.17, 15) is 9.59 Å². The minimum Gasteiger partial charge on any atom is -0.480 e. The van der Waals surface area contributed by atoms with Gasteiger partial charge < -0.3 is 19.4 Å². The molecule has 6 heteroatoms. The molecule has 1 aliphatic heterocycles. The molecule has 2 aromatic rings. The summed E-state index contributed by atoms with van der Waals surface area (Å²) in [7, 11) is 1.85. The average Bonchev–Trinajstić information content (AvgIpc) is 2.70. The third kappa shape index (κ3) is 4.22. The van der Waals surface area contributed by atoms with Gasteiger partial charge in [0.1, 0.15) is 11.3 Å². The van der Waals surface area contributed by atoms with Crippen LogP contribution >= 0.6 is 0 Å². The van der Waals surface area contributed by atoms with E-state index < -0.39 is 6.10 Å². The Balaban J connectivity index is 1.82. The Bertz CT molecular complexity index is 899. The summed E-state index contributed by atoms with van der Waals surface area (Å²) < 4.78 is 11.5. The minimum atomic E-state index is -0.610. The fourth-order valence-electron chi connectivity index (χ4n) is 3.91. The van der Waals surface area contributed by atoms with Crippen molar-refractivity contribution < 1.29 is 13.9 Å². The molecule has 0 saturated carbocycles. The zero-order valence-electron chi connectivity index (χ0n) is 17.2. The zero-order chi connectivity index (χ0) is 20.3. The number of fused-ring (bicyclic) bond motifs is 1. The number of rotatable bonds is 6. The summed E-state index contributed by atoms with van der Waals surface area (Å²) in [4.78, 5) is 26.6. The second kappa shape index (κ2) is 8.78. The quantitative estimate of drug-likeness (QED) is 0.773. The van der Waals surface area contributed by atoms with Crippen molar-refractivity contribution >= 4 is 16.9 Å². The van der Waals surface area contributed by atoms with Gasteiger partial charge in [-0.3, -0.25) is 4.79 Å². The molecular weight excluding hydrogens is 356 g/mol. The van der Waals surface area contributed by atoms with Crippen molar-refractivity contribution in [1.82, 2.24) is 10.2 Å². The van der Waals surface area contributed by atoms with Crippen LogP contribution in [0, 0.1) is 6.92 Å². The highest BCUT2D eigenvalue weighted by molar-refractivity contribution is 5.85. The van der Waals surface area contributed by atoms with E-state index in [0.717, 1.165) is 55.3 Å². The van der Waals surface area contributed by atoms with Gasteiger partial charge in [-0.05, 0) is 63.9 Å². The van der Waals surface area contributed by atoms with Crippen LogP contribution in [0.2, 0.25) is 0 Å². The molecule has 1 atom stereocenters. The highest BCUT2D eigenvalue weighted by Crippen LogP contribution is 2.30. The number of piperidine rings is 1. The van der Waals surface area contributed by atoms with Crippen LogP contribution in [0.15, 0.2) is 27.4 Å². The second-order valence-corrected chi connectivity index (χ2v) is 7.60. The van der Waals surface area contributed by atoms with E-state index in [4.69, 9.17) is 9.15 Å². The fraction of sp³-hybridized carbons (Fsp3) is 0.545. The van der Waals surface area contributed by atoms with Crippen LogP contribution in [0.5, 0.6) is 5.75 Å².